The normalized spacial score (nSPS) is 11.1. The summed E-state index contributed by atoms with van der Waals surface area (Å²) in [5.41, 5.74) is 7.42. The zero-order valence-corrected chi connectivity index (χ0v) is 17.8. The fraction of sp³-hybridized carbons (Fsp3) is 0.185. The molecule has 1 heterocycles. The number of benzene rings is 3. The van der Waals surface area contributed by atoms with Crippen molar-refractivity contribution in [3.8, 4) is 0 Å². The average Bonchev–Trinajstić information content (AvgIpc) is 2.71. The van der Waals surface area contributed by atoms with Gasteiger partial charge in [-0.05, 0) is 56.5 Å². The Bertz CT molecular complexity index is 1310. The summed E-state index contributed by atoms with van der Waals surface area (Å²) in [5.74, 6) is -0.127. The SMILES string of the molecule is Cc1cc(C)c(Cn2c(=O)cc(C(=O)c3ccccc3)c3cc(C)ccc32)c(C)c1. The lowest BCUT2D eigenvalue weighted by Crippen LogP contribution is -2.23. The quantitative estimate of drug-likeness (QED) is 0.427. The van der Waals surface area contributed by atoms with Crippen LogP contribution in [-0.2, 0) is 6.54 Å². The molecule has 0 bridgehead atoms. The summed E-state index contributed by atoms with van der Waals surface area (Å²) in [7, 11) is 0. The summed E-state index contributed by atoms with van der Waals surface area (Å²) in [6.45, 7) is 8.73. The Morgan fingerprint density at radius 1 is 0.800 bits per heavy atom. The van der Waals surface area contributed by atoms with E-state index in [0.29, 0.717) is 17.7 Å². The number of aromatic nitrogens is 1. The molecule has 0 saturated carbocycles. The van der Waals surface area contributed by atoms with E-state index in [1.165, 1.54) is 22.8 Å². The van der Waals surface area contributed by atoms with Crippen LogP contribution < -0.4 is 5.56 Å². The fourth-order valence-corrected chi connectivity index (χ4v) is 4.21. The third-order valence-electron chi connectivity index (χ3n) is 5.70. The molecule has 3 nitrogen and oxygen atoms in total. The van der Waals surface area contributed by atoms with E-state index < -0.39 is 0 Å². The van der Waals surface area contributed by atoms with E-state index in [1.807, 2.05) is 43.3 Å². The van der Waals surface area contributed by atoms with Crippen molar-refractivity contribution >= 4 is 16.7 Å². The largest absolute Gasteiger partial charge is 0.304 e. The minimum Gasteiger partial charge on any atom is -0.304 e. The first-order valence-corrected chi connectivity index (χ1v) is 10.2. The third-order valence-corrected chi connectivity index (χ3v) is 5.70. The molecule has 0 fully saturated rings. The van der Waals surface area contributed by atoms with Crippen molar-refractivity contribution in [2.75, 3.05) is 0 Å². The lowest BCUT2D eigenvalue weighted by Gasteiger charge is -2.17. The van der Waals surface area contributed by atoms with Gasteiger partial charge in [0.05, 0.1) is 12.1 Å². The molecule has 30 heavy (non-hydrogen) atoms. The molecule has 0 atom stereocenters. The van der Waals surface area contributed by atoms with E-state index in [1.54, 1.807) is 16.7 Å². The molecule has 3 aromatic carbocycles. The maximum absolute atomic E-state index is 13.2. The number of hydrogen-bond donors (Lipinski definition) is 0. The van der Waals surface area contributed by atoms with Crippen molar-refractivity contribution in [1.82, 2.24) is 4.57 Å². The van der Waals surface area contributed by atoms with Crippen LogP contribution in [0.3, 0.4) is 0 Å². The third kappa shape index (κ3) is 3.59. The fourth-order valence-electron chi connectivity index (χ4n) is 4.21. The second-order valence-electron chi connectivity index (χ2n) is 8.08. The number of pyridine rings is 1. The molecule has 4 aromatic rings. The minimum atomic E-state index is -0.162. The number of hydrogen-bond acceptors (Lipinski definition) is 2. The van der Waals surface area contributed by atoms with Crippen LogP contribution in [0.4, 0.5) is 0 Å². The summed E-state index contributed by atoms with van der Waals surface area (Å²) in [4.78, 5) is 26.4. The maximum atomic E-state index is 13.2. The Kier molecular flexibility index (Phi) is 5.13. The van der Waals surface area contributed by atoms with Crippen LogP contribution in [0.25, 0.3) is 10.9 Å². The summed E-state index contributed by atoms with van der Waals surface area (Å²) in [6, 6.07) is 20.9. The van der Waals surface area contributed by atoms with Gasteiger partial charge in [0, 0.05) is 22.6 Å². The van der Waals surface area contributed by atoms with E-state index in [9.17, 15) is 9.59 Å². The summed E-state index contributed by atoms with van der Waals surface area (Å²) >= 11 is 0. The van der Waals surface area contributed by atoms with Crippen molar-refractivity contribution in [1.29, 1.82) is 0 Å². The summed E-state index contributed by atoms with van der Waals surface area (Å²) in [5, 5.41) is 0.811. The van der Waals surface area contributed by atoms with Gasteiger partial charge in [0.1, 0.15) is 0 Å². The molecule has 0 aliphatic carbocycles. The highest BCUT2D eigenvalue weighted by atomic mass is 16.1. The molecule has 0 N–H and O–H groups in total. The van der Waals surface area contributed by atoms with E-state index >= 15 is 0 Å². The lowest BCUT2D eigenvalue weighted by molar-refractivity contribution is 0.104. The van der Waals surface area contributed by atoms with Gasteiger partial charge in [-0.1, -0.05) is 59.7 Å². The van der Waals surface area contributed by atoms with Crippen LogP contribution in [0, 0.1) is 27.7 Å². The van der Waals surface area contributed by atoms with Crippen LogP contribution in [0.15, 0.2) is 71.5 Å². The predicted molar refractivity (Wildman–Crippen MR) is 123 cm³/mol. The first-order chi connectivity index (χ1) is 14.3. The van der Waals surface area contributed by atoms with Crippen LogP contribution in [-0.4, -0.2) is 10.4 Å². The van der Waals surface area contributed by atoms with Gasteiger partial charge < -0.3 is 4.57 Å². The van der Waals surface area contributed by atoms with E-state index in [2.05, 4.69) is 32.9 Å². The van der Waals surface area contributed by atoms with Crippen molar-refractivity contribution in [2.45, 2.75) is 34.2 Å². The standard InChI is InChI=1S/C27H25NO2/c1-17-10-11-25-22(14-17)23(27(30)21-8-6-5-7-9-21)15-26(29)28(25)16-24-19(3)12-18(2)13-20(24)4/h5-15H,16H2,1-4H3. The van der Waals surface area contributed by atoms with Crippen molar-refractivity contribution < 1.29 is 4.79 Å². The highest BCUT2D eigenvalue weighted by molar-refractivity contribution is 6.16. The zero-order chi connectivity index (χ0) is 21.4. The van der Waals surface area contributed by atoms with Gasteiger partial charge in [0.2, 0.25) is 0 Å². The Morgan fingerprint density at radius 3 is 2.13 bits per heavy atom. The number of carbonyl (C=O) groups excluding carboxylic acids is 1. The number of nitrogens with zero attached hydrogens (tertiary/aromatic N) is 1. The number of aryl methyl sites for hydroxylation is 4. The first-order valence-electron chi connectivity index (χ1n) is 10.2. The van der Waals surface area contributed by atoms with E-state index in [0.717, 1.165) is 22.0 Å². The number of carbonyl (C=O) groups is 1. The van der Waals surface area contributed by atoms with Crippen LogP contribution in [0.1, 0.15) is 43.7 Å². The molecule has 0 aliphatic rings. The van der Waals surface area contributed by atoms with Crippen molar-refractivity contribution in [3.63, 3.8) is 0 Å². The Balaban J connectivity index is 1.93. The Hall–Kier alpha value is -3.46. The molecule has 0 spiro atoms. The number of rotatable bonds is 4. The highest BCUT2D eigenvalue weighted by Gasteiger charge is 2.17. The van der Waals surface area contributed by atoms with E-state index in [-0.39, 0.29) is 11.3 Å². The van der Waals surface area contributed by atoms with Gasteiger partial charge >= 0.3 is 0 Å². The highest BCUT2D eigenvalue weighted by Crippen LogP contribution is 2.24. The second kappa shape index (κ2) is 7.75. The molecule has 3 heteroatoms. The monoisotopic (exact) mass is 395 g/mol. The first kappa shape index (κ1) is 19.8. The molecular formula is C27H25NO2. The van der Waals surface area contributed by atoms with Crippen LogP contribution >= 0.6 is 0 Å². The molecule has 0 saturated heterocycles. The topological polar surface area (TPSA) is 39.1 Å². The maximum Gasteiger partial charge on any atom is 0.252 e. The second-order valence-corrected chi connectivity index (χ2v) is 8.08. The smallest absolute Gasteiger partial charge is 0.252 e. The average molecular weight is 396 g/mol. The van der Waals surface area contributed by atoms with Gasteiger partial charge in [0.25, 0.3) is 5.56 Å². The summed E-state index contributed by atoms with van der Waals surface area (Å²) < 4.78 is 1.78. The van der Waals surface area contributed by atoms with Crippen LogP contribution in [0.2, 0.25) is 0 Å². The van der Waals surface area contributed by atoms with Crippen molar-refractivity contribution in [3.05, 3.63) is 116 Å². The number of ketones is 1. The van der Waals surface area contributed by atoms with Crippen molar-refractivity contribution in [2.24, 2.45) is 0 Å². The summed E-state index contributed by atoms with van der Waals surface area (Å²) in [6.07, 6.45) is 0. The molecule has 0 amide bonds. The molecule has 150 valence electrons. The molecular weight excluding hydrogens is 370 g/mol. The predicted octanol–water partition coefficient (Wildman–Crippen LogP) is 5.51. The Labute approximate surface area is 176 Å². The molecule has 0 aliphatic heterocycles. The zero-order valence-electron chi connectivity index (χ0n) is 17.8. The van der Waals surface area contributed by atoms with Gasteiger partial charge in [-0.3, -0.25) is 9.59 Å². The molecule has 4 rings (SSSR count). The minimum absolute atomic E-state index is 0.127. The van der Waals surface area contributed by atoms with E-state index in [4.69, 9.17) is 0 Å². The van der Waals surface area contributed by atoms with Gasteiger partial charge in [-0.2, -0.15) is 0 Å². The molecule has 0 radical (unpaired) electrons. The molecule has 1 aromatic heterocycles. The lowest BCUT2D eigenvalue weighted by atomic mass is 9.97. The number of fused-ring (bicyclic) bond motifs is 1. The Morgan fingerprint density at radius 2 is 1.47 bits per heavy atom. The van der Waals surface area contributed by atoms with Gasteiger partial charge in [0.15, 0.2) is 5.78 Å². The molecule has 0 unspecified atom stereocenters. The van der Waals surface area contributed by atoms with Gasteiger partial charge in [-0.25, -0.2) is 0 Å². The van der Waals surface area contributed by atoms with Gasteiger partial charge in [-0.15, -0.1) is 0 Å². The van der Waals surface area contributed by atoms with Crippen LogP contribution in [0.5, 0.6) is 0 Å².